The van der Waals surface area contributed by atoms with Crippen LogP contribution < -0.4 is 10.5 Å². The maximum Gasteiger partial charge on any atom is 0.129 e. The van der Waals surface area contributed by atoms with Crippen molar-refractivity contribution < 1.29 is 4.74 Å². The van der Waals surface area contributed by atoms with Gasteiger partial charge in [0, 0.05) is 12.6 Å². The van der Waals surface area contributed by atoms with E-state index in [0.717, 1.165) is 17.9 Å². The van der Waals surface area contributed by atoms with Gasteiger partial charge in [-0.1, -0.05) is 18.3 Å². The van der Waals surface area contributed by atoms with Crippen LogP contribution in [-0.2, 0) is 6.54 Å². The van der Waals surface area contributed by atoms with Crippen LogP contribution in [0.3, 0.4) is 0 Å². The quantitative estimate of drug-likeness (QED) is 0.847. The summed E-state index contributed by atoms with van der Waals surface area (Å²) in [5.74, 6) is 0.751. The minimum atomic E-state index is 0.392. The first-order valence-corrected chi connectivity index (χ1v) is 6.73. The Hall–Kier alpha value is -1.13. The zero-order chi connectivity index (χ0) is 13.1. The van der Waals surface area contributed by atoms with E-state index in [1.807, 2.05) is 12.1 Å². The van der Waals surface area contributed by atoms with Gasteiger partial charge in [-0.05, 0) is 44.0 Å². The van der Waals surface area contributed by atoms with Crippen LogP contribution in [0.2, 0.25) is 0 Å². The van der Waals surface area contributed by atoms with Gasteiger partial charge in [0.2, 0.25) is 0 Å². The zero-order valence-electron chi connectivity index (χ0n) is 11.0. The van der Waals surface area contributed by atoms with Crippen LogP contribution in [0, 0.1) is 0 Å². The van der Waals surface area contributed by atoms with Gasteiger partial charge in [-0.25, -0.2) is 0 Å². The number of benzene rings is 1. The highest BCUT2D eigenvalue weighted by atomic mass is 32.1. The molecule has 1 heterocycles. The summed E-state index contributed by atoms with van der Waals surface area (Å²) in [7, 11) is 1.64. The molecule has 0 amide bonds. The summed E-state index contributed by atoms with van der Waals surface area (Å²) >= 11 is 5.07. The first-order valence-electron chi connectivity index (χ1n) is 6.32. The van der Waals surface area contributed by atoms with E-state index >= 15 is 0 Å². The van der Waals surface area contributed by atoms with Crippen molar-refractivity contribution in [2.75, 3.05) is 13.7 Å². The third-order valence-electron chi connectivity index (χ3n) is 3.61. The van der Waals surface area contributed by atoms with E-state index in [0.29, 0.717) is 11.0 Å². The molecule has 0 radical (unpaired) electrons. The van der Waals surface area contributed by atoms with Crippen molar-refractivity contribution in [3.05, 3.63) is 29.3 Å². The fourth-order valence-corrected chi connectivity index (χ4v) is 2.67. The fourth-order valence-electron chi connectivity index (χ4n) is 2.51. The molecule has 1 aromatic rings. The van der Waals surface area contributed by atoms with Crippen LogP contribution in [0.1, 0.15) is 30.9 Å². The van der Waals surface area contributed by atoms with Gasteiger partial charge >= 0.3 is 0 Å². The number of thiocarbonyl (C=S) groups is 1. The lowest BCUT2D eigenvalue weighted by Crippen LogP contribution is -2.26. The standard InChI is InChI=1S/C14H20N2OS/c1-10-4-3-7-16(10)9-11-5-6-13(17-2)12(8-11)14(15)18/h5-6,8,10H,3-4,7,9H2,1-2H3,(H2,15,18). The molecule has 2 N–H and O–H groups in total. The molecule has 1 aliphatic heterocycles. The highest BCUT2D eigenvalue weighted by molar-refractivity contribution is 7.80. The van der Waals surface area contributed by atoms with Crippen LogP contribution in [0.15, 0.2) is 18.2 Å². The van der Waals surface area contributed by atoms with Crippen LogP contribution in [-0.4, -0.2) is 29.6 Å². The number of likely N-dealkylation sites (tertiary alicyclic amines) is 1. The number of methoxy groups -OCH3 is 1. The molecule has 98 valence electrons. The summed E-state index contributed by atoms with van der Waals surface area (Å²) in [6.07, 6.45) is 2.58. The lowest BCUT2D eigenvalue weighted by molar-refractivity contribution is 0.260. The summed E-state index contributed by atoms with van der Waals surface area (Å²) in [5, 5.41) is 0. The summed E-state index contributed by atoms with van der Waals surface area (Å²) in [6, 6.07) is 6.75. The zero-order valence-corrected chi connectivity index (χ0v) is 11.8. The normalized spacial score (nSPS) is 20.0. The van der Waals surface area contributed by atoms with E-state index in [4.69, 9.17) is 22.7 Å². The molecule has 18 heavy (non-hydrogen) atoms. The molecule has 0 saturated carbocycles. The van der Waals surface area contributed by atoms with E-state index in [1.54, 1.807) is 7.11 Å². The van der Waals surface area contributed by atoms with E-state index in [-0.39, 0.29) is 0 Å². The van der Waals surface area contributed by atoms with Crippen molar-refractivity contribution in [3.63, 3.8) is 0 Å². The van der Waals surface area contributed by atoms with Crippen molar-refractivity contribution in [1.82, 2.24) is 4.90 Å². The summed E-state index contributed by atoms with van der Waals surface area (Å²) in [5.41, 5.74) is 7.81. The van der Waals surface area contributed by atoms with Crippen LogP contribution in [0.5, 0.6) is 5.75 Å². The van der Waals surface area contributed by atoms with Crippen molar-refractivity contribution in [1.29, 1.82) is 0 Å². The first-order chi connectivity index (χ1) is 8.61. The third-order valence-corrected chi connectivity index (χ3v) is 3.83. The van der Waals surface area contributed by atoms with Gasteiger partial charge in [-0.3, -0.25) is 4.90 Å². The highest BCUT2D eigenvalue weighted by Gasteiger charge is 2.20. The Labute approximate surface area is 114 Å². The molecule has 0 spiro atoms. The molecular formula is C14H20N2OS. The third kappa shape index (κ3) is 2.82. The van der Waals surface area contributed by atoms with Crippen molar-refractivity contribution in [3.8, 4) is 5.75 Å². The summed E-state index contributed by atoms with van der Waals surface area (Å²) in [6.45, 7) is 4.42. The smallest absolute Gasteiger partial charge is 0.129 e. The van der Waals surface area contributed by atoms with Gasteiger partial charge in [0.05, 0.1) is 12.7 Å². The SMILES string of the molecule is COc1ccc(CN2CCCC2C)cc1C(N)=S. The fraction of sp³-hybridized carbons (Fsp3) is 0.500. The molecule has 1 unspecified atom stereocenters. The van der Waals surface area contributed by atoms with Crippen molar-refractivity contribution in [2.24, 2.45) is 5.73 Å². The molecule has 3 nitrogen and oxygen atoms in total. The van der Waals surface area contributed by atoms with Gasteiger partial charge in [-0.15, -0.1) is 0 Å². The molecule has 0 aromatic heterocycles. The maximum absolute atomic E-state index is 5.73. The maximum atomic E-state index is 5.73. The van der Waals surface area contributed by atoms with Gasteiger partial charge in [0.15, 0.2) is 0 Å². The molecule has 2 rings (SSSR count). The van der Waals surface area contributed by atoms with Crippen LogP contribution >= 0.6 is 12.2 Å². The van der Waals surface area contributed by atoms with Crippen LogP contribution in [0.25, 0.3) is 0 Å². The molecule has 1 fully saturated rings. The van der Waals surface area contributed by atoms with Crippen molar-refractivity contribution in [2.45, 2.75) is 32.4 Å². The first kappa shape index (κ1) is 13.3. The highest BCUT2D eigenvalue weighted by Crippen LogP contribution is 2.23. The second-order valence-electron chi connectivity index (χ2n) is 4.86. The minimum Gasteiger partial charge on any atom is -0.496 e. The Bertz CT molecular complexity index is 447. The van der Waals surface area contributed by atoms with Gasteiger partial charge in [0.1, 0.15) is 10.7 Å². The predicted octanol–water partition coefficient (Wildman–Crippen LogP) is 2.31. The van der Waals surface area contributed by atoms with E-state index in [2.05, 4.69) is 17.9 Å². The molecular weight excluding hydrogens is 244 g/mol. The Morgan fingerprint density at radius 1 is 1.56 bits per heavy atom. The average molecular weight is 264 g/mol. The molecule has 0 aliphatic carbocycles. The Kier molecular flexibility index (Phi) is 4.19. The topological polar surface area (TPSA) is 38.5 Å². The lowest BCUT2D eigenvalue weighted by Gasteiger charge is -2.21. The number of hydrogen-bond donors (Lipinski definition) is 1. The average Bonchev–Trinajstić information content (AvgIpc) is 2.75. The lowest BCUT2D eigenvalue weighted by atomic mass is 10.1. The molecule has 1 aromatic carbocycles. The number of nitrogens with zero attached hydrogens (tertiary/aromatic N) is 1. The summed E-state index contributed by atoms with van der Waals surface area (Å²) < 4.78 is 5.27. The van der Waals surface area contributed by atoms with E-state index in [9.17, 15) is 0 Å². The summed E-state index contributed by atoms with van der Waals surface area (Å²) in [4.78, 5) is 2.88. The van der Waals surface area contributed by atoms with Gasteiger partial charge < -0.3 is 10.5 Å². The predicted molar refractivity (Wildman–Crippen MR) is 78.0 cm³/mol. The number of nitrogens with two attached hydrogens (primary N) is 1. The second kappa shape index (κ2) is 5.67. The molecule has 1 atom stereocenters. The molecule has 0 bridgehead atoms. The van der Waals surface area contributed by atoms with Crippen molar-refractivity contribution >= 4 is 17.2 Å². The largest absolute Gasteiger partial charge is 0.496 e. The van der Waals surface area contributed by atoms with Gasteiger partial charge in [-0.2, -0.15) is 0 Å². The Morgan fingerprint density at radius 3 is 2.89 bits per heavy atom. The Balaban J connectivity index is 2.18. The molecule has 4 heteroatoms. The van der Waals surface area contributed by atoms with Crippen LogP contribution in [0.4, 0.5) is 0 Å². The second-order valence-corrected chi connectivity index (χ2v) is 5.30. The van der Waals surface area contributed by atoms with Gasteiger partial charge in [0.25, 0.3) is 0 Å². The number of hydrogen-bond acceptors (Lipinski definition) is 3. The molecule has 1 saturated heterocycles. The Morgan fingerprint density at radius 2 is 2.33 bits per heavy atom. The minimum absolute atomic E-state index is 0.392. The van der Waals surface area contributed by atoms with E-state index < -0.39 is 0 Å². The number of rotatable bonds is 4. The van der Waals surface area contributed by atoms with E-state index in [1.165, 1.54) is 24.9 Å². The monoisotopic (exact) mass is 264 g/mol. The molecule has 1 aliphatic rings. The number of ether oxygens (including phenoxy) is 1.